The number of halogens is 1. The number of hydrogen-bond acceptors (Lipinski definition) is 4. The fraction of sp³-hybridized carbons (Fsp3) is 0.154. The highest BCUT2D eigenvalue weighted by Gasteiger charge is 2.23. The number of rotatable bonds is 7. The Hall–Kier alpha value is -3.57. The maximum absolute atomic E-state index is 13.2. The van der Waals surface area contributed by atoms with Crippen LogP contribution in [0.5, 0.6) is 5.75 Å². The molecule has 0 aliphatic rings. The van der Waals surface area contributed by atoms with Crippen LogP contribution >= 0.6 is 11.6 Å². The zero-order chi connectivity index (χ0) is 22.5. The van der Waals surface area contributed by atoms with Crippen LogP contribution < -0.4 is 15.5 Å². The summed E-state index contributed by atoms with van der Waals surface area (Å²) in [6.07, 6.45) is -0.210. The molecular formula is C26H22ClNO4. The summed E-state index contributed by atoms with van der Waals surface area (Å²) in [7, 11) is 0. The zero-order valence-electron chi connectivity index (χ0n) is 17.5. The van der Waals surface area contributed by atoms with Crippen molar-refractivity contribution >= 4 is 28.5 Å². The quantitative estimate of drug-likeness (QED) is 0.420. The summed E-state index contributed by atoms with van der Waals surface area (Å²) in [5.41, 5.74) is 1.70. The number of nitrogens with one attached hydrogen (secondary N) is 1. The SMILES string of the molecule is CC(Oc1c(-c2ccccc2Cl)oc2ccccc2c1=O)C(=O)NCCc1ccccc1. The van der Waals surface area contributed by atoms with Crippen LogP contribution in [0.15, 0.2) is 88.1 Å². The van der Waals surface area contributed by atoms with Crippen molar-refractivity contribution in [1.82, 2.24) is 5.32 Å². The van der Waals surface area contributed by atoms with Gasteiger partial charge in [-0.05, 0) is 43.2 Å². The minimum absolute atomic E-state index is 0.0393. The van der Waals surface area contributed by atoms with Crippen LogP contribution in [0.25, 0.3) is 22.3 Å². The molecule has 1 unspecified atom stereocenters. The van der Waals surface area contributed by atoms with E-state index in [-0.39, 0.29) is 22.8 Å². The van der Waals surface area contributed by atoms with E-state index in [2.05, 4.69) is 5.32 Å². The molecule has 162 valence electrons. The molecule has 4 aromatic rings. The summed E-state index contributed by atoms with van der Waals surface area (Å²) in [6.45, 7) is 2.06. The van der Waals surface area contributed by atoms with Gasteiger partial charge in [0.2, 0.25) is 11.2 Å². The van der Waals surface area contributed by atoms with Crippen LogP contribution in [0.2, 0.25) is 5.02 Å². The van der Waals surface area contributed by atoms with Gasteiger partial charge in [-0.1, -0.05) is 66.2 Å². The number of fused-ring (bicyclic) bond motifs is 1. The van der Waals surface area contributed by atoms with E-state index in [1.807, 2.05) is 30.3 Å². The average molecular weight is 448 g/mol. The molecule has 0 saturated heterocycles. The smallest absolute Gasteiger partial charge is 0.260 e. The number of amides is 1. The molecule has 1 heterocycles. The lowest BCUT2D eigenvalue weighted by atomic mass is 10.1. The van der Waals surface area contributed by atoms with Crippen molar-refractivity contribution < 1.29 is 13.9 Å². The van der Waals surface area contributed by atoms with E-state index in [0.29, 0.717) is 34.5 Å². The first-order chi connectivity index (χ1) is 15.5. The number of para-hydroxylation sites is 1. The van der Waals surface area contributed by atoms with Crippen LogP contribution in [0.4, 0.5) is 0 Å². The monoisotopic (exact) mass is 447 g/mol. The summed E-state index contributed by atoms with van der Waals surface area (Å²) in [5.74, 6) is -0.163. The maximum atomic E-state index is 13.2. The van der Waals surface area contributed by atoms with Gasteiger partial charge in [-0.25, -0.2) is 0 Å². The number of benzene rings is 3. The highest BCUT2D eigenvalue weighted by atomic mass is 35.5. The number of carbonyl (C=O) groups is 1. The Balaban J connectivity index is 1.60. The lowest BCUT2D eigenvalue weighted by Crippen LogP contribution is -2.38. The van der Waals surface area contributed by atoms with Gasteiger partial charge in [-0.3, -0.25) is 9.59 Å². The third-order valence-corrected chi connectivity index (χ3v) is 5.42. The largest absolute Gasteiger partial charge is 0.473 e. The van der Waals surface area contributed by atoms with Crippen molar-refractivity contribution in [3.63, 3.8) is 0 Å². The molecule has 4 rings (SSSR count). The van der Waals surface area contributed by atoms with Gasteiger partial charge < -0.3 is 14.5 Å². The highest BCUT2D eigenvalue weighted by Crippen LogP contribution is 2.35. The van der Waals surface area contributed by atoms with Crippen LogP contribution in [0.1, 0.15) is 12.5 Å². The van der Waals surface area contributed by atoms with Gasteiger partial charge in [0.05, 0.1) is 10.4 Å². The van der Waals surface area contributed by atoms with Crippen molar-refractivity contribution in [1.29, 1.82) is 0 Å². The average Bonchev–Trinajstić information content (AvgIpc) is 2.82. The van der Waals surface area contributed by atoms with Crippen LogP contribution in [0.3, 0.4) is 0 Å². The molecule has 0 aliphatic carbocycles. The lowest BCUT2D eigenvalue weighted by molar-refractivity contribution is -0.127. The van der Waals surface area contributed by atoms with Gasteiger partial charge in [0.25, 0.3) is 5.91 Å². The Kier molecular flexibility index (Phi) is 6.57. The molecule has 0 radical (unpaired) electrons. The van der Waals surface area contributed by atoms with Crippen LogP contribution in [0, 0.1) is 0 Å². The first-order valence-corrected chi connectivity index (χ1v) is 10.7. The Bertz CT molecular complexity index is 1300. The predicted molar refractivity (Wildman–Crippen MR) is 126 cm³/mol. The molecule has 1 aromatic heterocycles. The Morgan fingerprint density at radius 2 is 1.69 bits per heavy atom. The van der Waals surface area contributed by atoms with Crippen molar-refractivity contribution in [2.24, 2.45) is 0 Å². The Morgan fingerprint density at radius 3 is 2.47 bits per heavy atom. The third kappa shape index (κ3) is 4.68. The Morgan fingerprint density at radius 1 is 1.00 bits per heavy atom. The normalized spacial score (nSPS) is 11.8. The molecular weight excluding hydrogens is 426 g/mol. The van der Waals surface area contributed by atoms with Gasteiger partial charge in [0.15, 0.2) is 11.9 Å². The van der Waals surface area contributed by atoms with Crippen molar-refractivity contribution in [2.45, 2.75) is 19.4 Å². The molecule has 0 aliphatic heterocycles. The summed E-state index contributed by atoms with van der Waals surface area (Å²) < 4.78 is 11.9. The van der Waals surface area contributed by atoms with Crippen molar-refractivity contribution in [3.8, 4) is 17.1 Å². The van der Waals surface area contributed by atoms with E-state index in [4.69, 9.17) is 20.8 Å². The van der Waals surface area contributed by atoms with Gasteiger partial charge in [-0.2, -0.15) is 0 Å². The molecule has 32 heavy (non-hydrogen) atoms. The van der Waals surface area contributed by atoms with Crippen molar-refractivity contribution in [3.05, 3.63) is 99.7 Å². The second kappa shape index (κ2) is 9.71. The molecule has 0 fully saturated rings. The molecule has 6 heteroatoms. The van der Waals surface area contributed by atoms with E-state index < -0.39 is 6.10 Å². The number of hydrogen-bond donors (Lipinski definition) is 1. The van der Waals surface area contributed by atoms with Crippen molar-refractivity contribution in [2.75, 3.05) is 6.54 Å². The van der Waals surface area contributed by atoms with E-state index in [1.54, 1.807) is 55.5 Å². The molecule has 0 bridgehead atoms. The van der Waals surface area contributed by atoms with Gasteiger partial charge in [-0.15, -0.1) is 0 Å². The van der Waals surface area contributed by atoms with Gasteiger partial charge in [0, 0.05) is 12.1 Å². The van der Waals surface area contributed by atoms with Gasteiger partial charge >= 0.3 is 0 Å². The van der Waals surface area contributed by atoms with E-state index in [0.717, 1.165) is 5.56 Å². The molecule has 1 amide bonds. The summed E-state index contributed by atoms with van der Waals surface area (Å²) in [5, 5.41) is 3.64. The minimum atomic E-state index is -0.906. The summed E-state index contributed by atoms with van der Waals surface area (Å²) in [4.78, 5) is 25.9. The fourth-order valence-electron chi connectivity index (χ4n) is 3.40. The summed E-state index contributed by atoms with van der Waals surface area (Å²) >= 11 is 6.36. The number of ether oxygens (including phenoxy) is 1. The minimum Gasteiger partial charge on any atom is -0.473 e. The first kappa shape index (κ1) is 21.7. The van der Waals surface area contributed by atoms with Gasteiger partial charge in [0.1, 0.15) is 5.58 Å². The highest BCUT2D eigenvalue weighted by molar-refractivity contribution is 6.33. The number of carbonyl (C=O) groups excluding carboxylic acids is 1. The summed E-state index contributed by atoms with van der Waals surface area (Å²) in [6, 6.07) is 23.8. The van der Waals surface area contributed by atoms with E-state index in [9.17, 15) is 9.59 Å². The second-order valence-corrected chi connectivity index (χ2v) is 7.76. The van der Waals surface area contributed by atoms with Crippen LogP contribution in [-0.4, -0.2) is 18.6 Å². The fourth-order valence-corrected chi connectivity index (χ4v) is 3.62. The first-order valence-electron chi connectivity index (χ1n) is 10.3. The molecule has 1 atom stereocenters. The predicted octanol–water partition coefficient (Wildman–Crippen LogP) is 5.24. The molecule has 0 spiro atoms. The van der Waals surface area contributed by atoms with E-state index >= 15 is 0 Å². The molecule has 0 saturated carbocycles. The van der Waals surface area contributed by atoms with Crippen LogP contribution in [-0.2, 0) is 11.2 Å². The Labute approximate surface area is 190 Å². The molecule has 5 nitrogen and oxygen atoms in total. The zero-order valence-corrected chi connectivity index (χ0v) is 18.3. The second-order valence-electron chi connectivity index (χ2n) is 7.35. The third-order valence-electron chi connectivity index (χ3n) is 5.09. The lowest BCUT2D eigenvalue weighted by Gasteiger charge is -2.17. The molecule has 3 aromatic carbocycles. The maximum Gasteiger partial charge on any atom is 0.260 e. The molecule has 1 N–H and O–H groups in total. The van der Waals surface area contributed by atoms with E-state index in [1.165, 1.54) is 0 Å². The standard InChI is InChI=1S/C26H22ClNO4/c1-17(26(30)28-16-15-18-9-3-2-4-10-18)31-25-23(29)20-12-6-8-14-22(20)32-24(25)19-11-5-7-13-21(19)27/h2-14,17H,15-16H2,1H3,(H,28,30). The topological polar surface area (TPSA) is 68.5 Å².